The Kier molecular flexibility index (Phi) is 4.57. The predicted molar refractivity (Wildman–Crippen MR) is 70.6 cm³/mol. The van der Waals surface area contributed by atoms with Gasteiger partial charge in [0.2, 0.25) is 5.91 Å². The van der Waals surface area contributed by atoms with Crippen molar-refractivity contribution >= 4 is 23.2 Å². The minimum Gasteiger partial charge on any atom is -0.495 e. The van der Waals surface area contributed by atoms with E-state index >= 15 is 0 Å². The smallest absolute Gasteiger partial charge is 0.244 e. The minimum atomic E-state index is -1.04. The van der Waals surface area contributed by atoms with Crippen molar-refractivity contribution in [1.29, 1.82) is 5.26 Å². The molecule has 0 heterocycles. The van der Waals surface area contributed by atoms with Gasteiger partial charge in [0.25, 0.3) is 0 Å². The van der Waals surface area contributed by atoms with Crippen LogP contribution in [0.2, 0.25) is 5.02 Å². The van der Waals surface area contributed by atoms with Gasteiger partial charge in [0.05, 0.1) is 18.2 Å². The van der Waals surface area contributed by atoms with E-state index in [1.165, 1.54) is 7.11 Å². The van der Waals surface area contributed by atoms with Gasteiger partial charge in [0, 0.05) is 5.69 Å². The Labute approximate surface area is 112 Å². The maximum atomic E-state index is 12.0. The summed E-state index contributed by atoms with van der Waals surface area (Å²) in [5.41, 5.74) is -0.493. The third-order valence-electron chi connectivity index (χ3n) is 2.86. The van der Waals surface area contributed by atoms with Crippen molar-refractivity contribution < 1.29 is 9.53 Å². The average molecular weight is 267 g/mol. The lowest BCUT2D eigenvalue weighted by atomic mass is 9.88. The number of nitrogens with zero attached hydrogens (tertiary/aromatic N) is 1. The molecule has 0 fully saturated rings. The highest BCUT2D eigenvalue weighted by atomic mass is 35.5. The molecule has 0 aliphatic carbocycles. The van der Waals surface area contributed by atoms with Crippen molar-refractivity contribution in [2.24, 2.45) is 5.41 Å². The van der Waals surface area contributed by atoms with Crippen LogP contribution in [0.1, 0.15) is 20.3 Å². The fraction of sp³-hybridized carbons (Fsp3) is 0.385. The Morgan fingerprint density at radius 2 is 2.28 bits per heavy atom. The van der Waals surface area contributed by atoms with Gasteiger partial charge in [0.1, 0.15) is 11.2 Å². The summed E-state index contributed by atoms with van der Waals surface area (Å²) in [4.78, 5) is 12.0. The zero-order valence-corrected chi connectivity index (χ0v) is 11.3. The number of carbonyl (C=O) groups excluding carboxylic acids is 1. The van der Waals surface area contributed by atoms with E-state index in [1.54, 1.807) is 32.0 Å². The van der Waals surface area contributed by atoms with E-state index in [2.05, 4.69) is 5.32 Å². The first-order chi connectivity index (χ1) is 8.46. The van der Waals surface area contributed by atoms with E-state index in [9.17, 15) is 4.79 Å². The lowest BCUT2D eigenvalue weighted by Gasteiger charge is -2.18. The molecule has 18 heavy (non-hydrogen) atoms. The van der Waals surface area contributed by atoms with Crippen molar-refractivity contribution in [2.75, 3.05) is 12.4 Å². The van der Waals surface area contributed by atoms with Crippen LogP contribution in [0, 0.1) is 16.7 Å². The Bertz CT molecular complexity index is 496. The molecule has 1 amide bonds. The van der Waals surface area contributed by atoms with Gasteiger partial charge in [-0.3, -0.25) is 4.79 Å². The minimum absolute atomic E-state index is 0.339. The molecular formula is C13H15ClN2O2. The molecule has 1 aromatic rings. The second-order valence-corrected chi connectivity index (χ2v) is 4.51. The van der Waals surface area contributed by atoms with E-state index in [1.807, 2.05) is 6.07 Å². The number of nitrogens with one attached hydrogen (secondary N) is 1. The molecule has 4 nitrogen and oxygen atoms in total. The van der Waals surface area contributed by atoms with Crippen molar-refractivity contribution in [3.63, 3.8) is 0 Å². The van der Waals surface area contributed by atoms with Gasteiger partial charge in [-0.15, -0.1) is 0 Å². The van der Waals surface area contributed by atoms with Gasteiger partial charge in [0.15, 0.2) is 0 Å². The molecule has 1 N–H and O–H groups in total. The fourth-order valence-corrected chi connectivity index (χ4v) is 1.56. The molecule has 0 aliphatic heterocycles. The lowest BCUT2D eigenvalue weighted by Crippen LogP contribution is -2.31. The molecule has 1 atom stereocenters. The third-order valence-corrected chi connectivity index (χ3v) is 3.16. The number of amides is 1. The van der Waals surface area contributed by atoms with Gasteiger partial charge in [-0.25, -0.2) is 0 Å². The molecule has 0 saturated carbocycles. The Morgan fingerprint density at radius 3 is 2.72 bits per heavy atom. The van der Waals surface area contributed by atoms with Crippen LogP contribution >= 0.6 is 11.6 Å². The summed E-state index contributed by atoms with van der Waals surface area (Å²) in [6, 6.07) is 6.94. The monoisotopic (exact) mass is 266 g/mol. The first-order valence-corrected chi connectivity index (χ1v) is 5.91. The fourth-order valence-electron chi connectivity index (χ4n) is 1.30. The molecule has 1 rings (SSSR count). The van der Waals surface area contributed by atoms with Gasteiger partial charge in [-0.2, -0.15) is 5.26 Å². The van der Waals surface area contributed by atoms with Crippen molar-refractivity contribution in [3.05, 3.63) is 23.2 Å². The number of hydrogen-bond donors (Lipinski definition) is 1. The van der Waals surface area contributed by atoms with Crippen LogP contribution in [0.5, 0.6) is 5.75 Å². The summed E-state index contributed by atoms with van der Waals surface area (Å²) >= 11 is 5.95. The molecule has 96 valence electrons. The zero-order chi connectivity index (χ0) is 13.8. The molecular weight excluding hydrogens is 252 g/mol. The SMILES string of the molecule is CCC(C)(C#N)C(=O)Nc1ccc(OC)c(Cl)c1. The Morgan fingerprint density at radius 1 is 1.61 bits per heavy atom. The van der Waals surface area contributed by atoms with Crippen LogP contribution in [0.15, 0.2) is 18.2 Å². The van der Waals surface area contributed by atoms with E-state index in [4.69, 9.17) is 21.6 Å². The number of carbonyl (C=O) groups is 1. The third kappa shape index (κ3) is 2.93. The highest BCUT2D eigenvalue weighted by Gasteiger charge is 2.31. The van der Waals surface area contributed by atoms with Crippen LogP contribution in [0.25, 0.3) is 0 Å². The second-order valence-electron chi connectivity index (χ2n) is 4.10. The molecule has 0 radical (unpaired) electrons. The predicted octanol–water partition coefficient (Wildman–Crippen LogP) is 3.23. The highest BCUT2D eigenvalue weighted by Crippen LogP contribution is 2.28. The average Bonchev–Trinajstić information content (AvgIpc) is 2.38. The number of methoxy groups -OCH3 is 1. The summed E-state index contributed by atoms with van der Waals surface area (Å²) in [6.45, 7) is 3.40. The summed E-state index contributed by atoms with van der Waals surface area (Å²) in [5, 5.41) is 12.1. The Hall–Kier alpha value is -1.73. The largest absolute Gasteiger partial charge is 0.495 e. The molecule has 0 spiro atoms. The van der Waals surface area contributed by atoms with E-state index in [-0.39, 0.29) is 5.91 Å². The molecule has 1 unspecified atom stereocenters. The van der Waals surface area contributed by atoms with Crippen LogP contribution in [-0.4, -0.2) is 13.0 Å². The standard InChI is InChI=1S/C13H15ClN2O2/c1-4-13(2,8-15)12(17)16-9-5-6-11(18-3)10(14)7-9/h5-7H,4H2,1-3H3,(H,16,17). The van der Waals surface area contributed by atoms with E-state index in [0.29, 0.717) is 22.9 Å². The maximum Gasteiger partial charge on any atom is 0.244 e. The molecule has 0 aromatic heterocycles. The number of ether oxygens (including phenoxy) is 1. The number of benzene rings is 1. The molecule has 0 saturated heterocycles. The quantitative estimate of drug-likeness (QED) is 0.910. The molecule has 1 aromatic carbocycles. The summed E-state index contributed by atoms with van der Waals surface area (Å²) < 4.78 is 5.02. The van der Waals surface area contributed by atoms with Gasteiger partial charge >= 0.3 is 0 Å². The van der Waals surface area contributed by atoms with Crippen LogP contribution in [-0.2, 0) is 4.79 Å². The van der Waals surface area contributed by atoms with Gasteiger partial charge in [-0.05, 0) is 31.5 Å². The number of anilines is 1. The summed E-state index contributed by atoms with van der Waals surface area (Å²) in [5.74, 6) is 0.196. The topological polar surface area (TPSA) is 62.1 Å². The Balaban J connectivity index is 2.90. The van der Waals surface area contributed by atoms with Crippen molar-refractivity contribution in [1.82, 2.24) is 0 Å². The van der Waals surface area contributed by atoms with E-state index < -0.39 is 5.41 Å². The van der Waals surface area contributed by atoms with Gasteiger partial charge in [-0.1, -0.05) is 18.5 Å². The maximum absolute atomic E-state index is 12.0. The summed E-state index contributed by atoms with van der Waals surface area (Å²) in [6.07, 6.45) is 0.444. The summed E-state index contributed by atoms with van der Waals surface area (Å²) in [7, 11) is 1.52. The van der Waals surface area contributed by atoms with Crippen molar-refractivity contribution in [3.8, 4) is 11.8 Å². The number of nitriles is 1. The molecule has 0 aliphatic rings. The highest BCUT2D eigenvalue weighted by molar-refractivity contribution is 6.32. The number of hydrogen-bond acceptors (Lipinski definition) is 3. The zero-order valence-electron chi connectivity index (χ0n) is 10.6. The van der Waals surface area contributed by atoms with E-state index in [0.717, 1.165) is 0 Å². The normalized spacial score (nSPS) is 13.3. The van der Waals surface area contributed by atoms with Crippen LogP contribution in [0.4, 0.5) is 5.69 Å². The molecule has 0 bridgehead atoms. The lowest BCUT2D eigenvalue weighted by molar-refractivity contribution is -0.122. The number of halogens is 1. The number of rotatable bonds is 4. The van der Waals surface area contributed by atoms with Crippen LogP contribution in [0.3, 0.4) is 0 Å². The first-order valence-electron chi connectivity index (χ1n) is 5.53. The second kappa shape index (κ2) is 5.74. The van der Waals surface area contributed by atoms with Crippen molar-refractivity contribution in [2.45, 2.75) is 20.3 Å². The molecule has 5 heteroatoms. The van der Waals surface area contributed by atoms with Gasteiger partial charge < -0.3 is 10.1 Å². The van der Waals surface area contributed by atoms with Crippen LogP contribution < -0.4 is 10.1 Å². The first kappa shape index (κ1) is 14.3.